The number of nitro groups is 1. The number of piperazine rings is 1. The number of rotatable bonds is 7. The van der Waals surface area contributed by atoms with Gasteiger partial charge in [0.25, 0.3) is 11.6 Å². The van der Waals surface area contributed by atoms with E-state index in [0.29, 0.717) is 0 Å². The quantitative estimate of drug-likeness (QED) is 0.327. The molecule has 1 heterocycles. The van der Waals surface area contributed by atoms with Crippen molar-refractivity contribution >= 4 is 31.7 Å². The number of hydrogen-bond acceptors (Lipinski definition) is 8. The number of carbonyl (C=O) groups excluding carboxylic acids is 1. The number of hydrogen-bond donors (Lipinski definition) is 0. The Morgan fingerprint density at radius 3 is 2.22 bits per heavy atom. The second kappa shape index (κ2) is 9.22. The number of nitrogens with zero attached hydrogens (tertiary/aromatic N) is 3. The van der Waals surface area contributed by atoms with Gasteiger partial charge in [0, 0.05) is 43.9 Å². The van der Waals surface area contributed by atoms with Crippen molar-refractivity contribution in [3.8, 4) is 5.75 Å². The van der Waals surface area contributed by atoms with Crippen molar-refractivity contribution in [2.24, 2.45) is 0 Å². The van der Waals surface area contributed by atoms with E-state index < -0.39 is 25.1 Å². The fraction of sp³-hybridized carbons (Fsp3) is 0.316. The molecule has 0 atom stereocenters. The van der Waals surface area contributed by atoms with Crippen LogP contribution in [0.1, 0.15) is 17.3 Å². The maximum atomic E-state index is 12.7. The maximum Gasteiger partial charge on any atom is 0.339 e. The molecule has 0 aliphatic carbocycles. The lowest BCUT2D eigenvalue weighted by molar-refractivity contribution is -0.385. The molecule has 11 nitrogen and oxygen atoms in total. The predicted octanol–water partition coefficient (Wildman–Crippen LogP) is 1.47. The van der Waals surface area contributed by atoms with Crippen molar-refractivity contribution < 1.29 is 30.7 Å². The zero-order valence-electron chi connectivity index (χ0n) is 17.1. The summed E-state index contributed by atoms with van der Waals surface area (Å²) < 4.78 is 55.0. The summed E-state index contributed by atoms with van der Waals surface area (Å²) >= 11 is 0. The molecule has 1 fully saturated rings. The van der Waals surface area contributed by atoms with Crippen LogP contribution >= 0.6 is 0 Å². The zero-order chi connectivity index (χ0) is 23.5. The van der Waals surface area contributed by atoms with Gasteiger partial charge in [-0.25, -0.2) is 8.42 Å². The number of nitro benzene ring substituents is 1. The van der Waals surface area contributed by atoms with Crippen LogP contribution in [0.3, 0.4) is 0 Å². The molecule has 2 aromatic rings. The van der Waals surface area contributed by atoms with Crippen LogP contribution in [0.15, 0.2) is 53.4 Å². The minimum absolute atomic E-state index is 0.00163. The minimum Gasteiger partial charge on any atom is -0.379 e. The summed E-state index contributed by atoms with van der Waals surface area (Å²) in [5.41, 5.74) is -0.0978. The molecular formula is C19H21N3O8S2. The van der Waals surface area contributed by atoms with Crippen LogP contribution in [0.4, 0.5) is 5.69 Å². The second-order valence-electron chi connectivity index (χ2n) is 6.91. The average molecular weight is 484 g/mol. The van der Waals surface area contributed by atoms with Gasteiger partial charge in [-0.05, 0) is 37.3 Å². The van der Waals surface area contributed by atoms with Crippen LogP contribution in [-0.2, 0) is 20.1 Å². The van der Waals surface area contributed by atoms with E-state index in [-0.39, 0.29) is 59.7 Å². The molecule has 1 aliphatic rings. The smallest absolute Gasteiger partial charge is 0.339 e. The molecule has 0 aromatic heterocycles. The first-order chi connectivity index (χ1) is 15.0. The SMILES string of the molecule is CCS(=O)(=O)N1CCN(C(=O)c2ccc(OS(=O)(=O)c3cccc([N+](=O)[O-])c3)cc2)CC1. The molecule has 1 aliphatic heterocycles. The third-order valence-corrected chi connectivity index (χ3v) is 8.03. The molecule has 0 N–H and O–H groups in total. The zero-order valence-corrected chi connectivity index (χ0v) is 18.7. The molecule has 0 saturated carbocycles. The van der Waals surface area contributed by atoms with Crippen molar-refractivity contribution in [3.63, 3.8) is 0 Å². The van der Waals surface area contributed by atoms with Crippen molar-refractivity contribution in [2.45, 2.75) is 11.8 Å². The highest BCUT2D eigenvalue weighted by atomic mass is 32.2. The Hall–Kier alpha value is -3.03. The van der Waals surface area contributed by atoms with Crippen LogP contribution in [0.25, 0.3) is 0 Å². The van der Waals surface area contributed by atoms with E-state index in [4.69, 9.17) is 4.18 Å². The summed E-state index contributed by atoms with van der Waals surface area (Å²) in [6.45, 7) is 2.49. The lowest BCUT2D eigenvalue weighted by Crippen LogP contribution is -2.50. The number of non-ortho nitro benzene ring substituents is 1. The van der Waals surface area contributed by atoms with Crippen LogP contribution in [0.2, 0.25) is 0 Å². The molecule has 2 aromatic carbocycles. The van der Waals surface area contributed by atoms with Gasteiger partial charge in [0.1, 0.15) is 10.6 Å². The van der Waals surface area contributed by atoms with Gasteiger partial charge in [0.15, 0.2) is 0 Å². The molecule has 32 heavy (non-hydrogen) atoms. The molecule has 0 unspecified atom stereocenters. The fourth-order valence-corrected chi connectivity index (χ4v) is 5.17. The van der Waals surface area contributed by atoms with Crippen LogP contribution in [0, 0.1) is 10.1 Å². The van der Waals surface area contributed by atoms with E-state index in [9.17, 15) is 31.7 Å². The van der Waals surface area contributed by atoms with Crippen LogP contribution in [-0.4, -0.2) is 68.8 Å². The van der Waals surface area contributed by atoms with Gasteiger partial charge >= 0.3 is 10.1 Å². The highest BCUT2D eigenvalue weighted by Crippen LogP contribution is 2.23. The fourth-order valence-electron chi connectivity index (χ4n) is 3.11. The average Bonchev–Trinajstić information content (AvgIpc) is 2.79. The molecule has 0 spiro atoms. The van der Waals surface area contributed by atoms with E-state index in [1.54, 1.807) is 6.92 Å². The summed E-state index contributed by atoms with van der Waals surface area (Å²) in [5.74, 6) is -0.375. The molecule has 0 radical (unpaired) electrons. The summed E-state index contributed by atoms with van der Waals surface area (Å²) in [5, 5.41) is 10.9. The first-order valence-corrected chi connectivity index (χ1v) is 12.6. The molecule has 1 saturated heterocycles. The third kappa shape index (κ3) is 5.23. The highest BCUT2D eigenvalue weighted by molar-refractivity contribution is 7.89. The summed E-state index contributed by atoms with van der Waals surface area (Å²) in [6.07, 6.45) is 0. The van der Waals surface area contributed by atoms with Crippen molar-refractivity contribution in [1.29, 1.82) is 0 Å². The second-order valence-corrected chi connectivity index (χ2v) is 10.7. The molecule has 3 rings (SSSR count). The van der Waals surface area contributed by atoms with E-state index in [1.165, 1.54) is 45.6 Å². The lowest BCUT2D eigenvalue weighted by atomic mass is 10.2. The van der Waals surface area contributed by atoms with Gasteiger partial charge in [-0.3, -0.25) is 14.9 Å². The van der Waals surface area contributed by atoms with Crippen LogP contribution < -0.4 is 4.18 Å². The van der Waals surface area contributed by atoms with E-state index in [2.05, 4.69) is 0 Å². The summed E-state index contributed by atoms with van der Waals surface area (Å²) in [6, 6.07) is 9.88. The summed E-state index contributed by atoms with van der Waals surface area (Å²) in [4.78, 5) is 24.0. The van der Waals surface area contributed by atoms with E-state index in [1.807, 2.05) is 0 Å². The Labute approximate surface area is 185 Å². The van der Waals surface area contributed by atoms with Crippen molar-refractivity contribution in [1.82, 2.24) is 9.21 Å². The third-order valence-electron chi connectivity index (χ3n) is 4.91. The van der Waals surface area contributed by atoms with Gasteiger partial charge in [-0.1, -0.05) is 6.07 Å². The molecule has 0 bridgehead atoms. The number of carbonyl (C=O) groups is 1. The van der Waals surface area contributed by atoms with E-state index >= 15 is 0 Å². The molecule has 1 amide bonds. The van der Waals surface area contributed by atoms with Crippen molar-refractivity contribution in [2.75, 3.05) is 31.9 Å². The summed E-state index contributed by atoms with van der Waals surface area (Å²) in [7, 11) is -7.61. The standard InChI is InChI=1S/C19H21N3O8S2/c1-2-31(26,27)21-12-10-20(11-13-21)19(23)15-6-8-17(9-7-15)30-32(28,29)18-5-3-4-16(14-18)22(24)25/h3-9,14H,2,10-13H2,1H3. The molecular weight excluding hydrogens is 462 g/mol. The Kier molecular flexibility index (Phi) is 6.81. The van der Waals surface area contributed by atoms with Crippen molar-refractivity contribution in [3.05, 3.63) is 64.2 Å². The van der Waals surface area contributed by atoms with Gasteiger partial charge in [0.05, 0.1) is 10.7 Å². The first kappa shape index (κ1) is 23.6. The largest absolute Gasteiger partial charge is 0.379 e. The Balaban J connectivity index is 1.67. The monoisotopic (exact) mass is 483 g/mol. The van der Waals surface area contributed by atoms with Gasteiger partial charge in [-0.15, -0.1) is 0 Å². The van der Waals surface area contributed by atoms with Crippen LogP contribution in [0.5, 0.6) is 5.75 Å². The lowest BCUT2D eigenvalue weighted by Gasteiger charge is -2.33. The Bertz CT molecular complexity index is 1220. The Morgan fingerprint density at radius 2 is 1.66 bits per heavy atom. The Morgan fingerprint density at radius 1 is 1.03 bits per heavy atom. The topological polar surface area (TPSA) is 144 Å². The number of sulfonamides is 1. The first-order valence-electron chi connectivity index (χ1n) is 9.59. The van der Waals surface area contributed by atoms with Gasteiger partial charge < -0.3 is 9.08 Å². The predicted molar refractivity (Wildman–Crippen MR) is 114 cm³/mol. The normalized spacial score (nSPS) is 15.3. The number of amides is 1. The van der Waals surface area contributed by atoms with Gasteiger partial charge in [0.2, 0.25) is 10.0 Å². The highest BCUT2D eigenvalue weighted by Gasteiger charge is 2.28. The van der Waals surface area contributed by atoms with Gasteiger partial charge in [-0.2, -0.15) is 12.7 Å². The number of benzene rings is 2. The maximum absolute atomic E-state index is 12.7. The molecule has 13 heteroatoms. The van der Waals surface area contributed by atoms with E-state index in [0.717, 1.165) is 12.1 Å². The minimum atomic E-state index is -4.31. The molecule has 172 valence electrons.